The van der Waals surface area contributed by atoms with Crippen LogP contribution in [0.15, 0.2) is 40.9 Å². The van der Waals surface area contributed by atoms with Crippen molar-refractivity contribution < 1.29 is 9.66 Å². The van der Waals surface area contributed by atoms with E-state index in [4.69, 9.17) is 10.00 Å². The van der Waals surface area contributed by atoms with E-state index in [0.29, 0.717) is 11.5 Å². The first kappa shape index (κ1) is 14.0. The average Bonchev–Trinajstić information content (AvgIpc) is 2.41. The van der Waals surface area contributed by atoms with Crippen molar-refractivity contribution in [1.29, 1.82) is 5.26 Å². The molecule has 2 aromatic carbocycles. The molecule has 0 aliphatic heterocycles. The van der Waals surface area contributed by atoms with Gasteiger partial charge in [-0.15, -0.1) is 0 Å². The zero-order valence-electron chi connectivity index (χ0n) is 10.5. The molecule has 0 N–H and O–H groups in total. The number of rotatable bonds is 3. The Balaban J connectivity index is 2.37. The van der Waals surface area contributed by atoms with Gasteiger partial charge < -0.3 is 4.74 Å². The highest BCUT2D eigenvalue weighted by atomic mass is 79.9. The number of hydrogen-bond donors (Lipinski definition) is 0. The van der Waals surface area contributed by atoms with Gasteiger partial charge in [0.05, 0.1) is 11.0 Å². The van der Waals surface area contributed by atoms with E-state index < -0.39 is 4.92 Å². The fraction of sp³-hybridized carbons (Fsp3) is 0.0714. The maximum absolute atomic E-state index is 10.9. The largest absolute Gasteiger partial charge is 0.457 e. The third kappa shape index (κ3) is 2.95. The molecule has 20 heavy (non-hydrogen) atoms. The van der Waals surface area contributed by atoms with Crippen molar-refractivity contribution in [2.24, 2.45) is 0 Å². The molecule has 0 spiro atoms. The van der Waals surface area contributed by atoms with Crippen molar-refractivity contribution in [3.8, 4) is 17.6 Å². The lowest BCUT2D eigenvalue weighted by molar-refractivity contribution is -0.385. The molecule has 0 saturated carbocycles. The SMILES string of the molecule is Cc1cc(Br)ccc1Oc1ccc(C#N)c([N+](=O)[O-])c1. The Kier molecular flexibility index (Phi) is 4.01. The van der Waals surface area contributed by atoms with Crippen LogP contribution in [0.2, 0.25) is 0 Å². The fourth-order valence-electron chi connectivity index (χ4n) is 1.67. The first-order valence-corrected chi connectivity index (χ1v) is 6.43. The van der Waals surface area contributed by atoms with Gasteiger partial charge in [-0.2, -0.15) is 5.26 Å². The lowest BCUT2D eigenvalue weighted by atomic mass is 10.2. The van der Waals surface area contributed by atoms with Crippen LogP contribution in [0.25, 0.3) is 0 Å². The molecule has 0 amide bonds. The average molecular weight is 333 g/mol. The van der Waals surface area contributed by atoms with E-state index in [1.54, 1.807) is 12.1 Å². The molecule has 0 aromatic heterocycles. The minimum Gasteiger partial charge on any atom is -0.457 e. The molecule has 0 aliphatic carbocycles. The van der Waals surface area contributed by atoms with E-state index in [9.17, 15) is 10.1 Å². The number of halogens is 1. The maximum atomic E-state index is 10.9. The van der Waals surface area contributed by atoms with Gasteiger partial charge >= 0.3 is 0 Å². The van der Waals surface area contributed by atoms with Crippen molar-refractivity contribution in [3.63, 3.8) is 0 Å². The predicted molar refractivity (Wildman–Crippen MR) is 76.8 cm³/mol. The highest BCUT2D eigenvalue weighted by Gasteiger charge is 2.15. The van der Waals surface area contributed by atoms with E-state index >= 15 is 0 Å². The number of benzene rings is 2. The summed E-state index contributed by atoms with van der Waals surface area (Å²) in [6, 6.07) is 11.4. The van der Waals surface area contributed by atoms with Crippen molar-refractivity contribution in [2.75, 3.05) is 0 Å². The van der Waals surface area contributed by atoms with Crippen LogP contribution >= 0.6 is 15.9 Å². The number of nitro groups is 1. The third-order valence-electron chi connectivity index (χ3n) is 2.65. The van der Waals surface area contributed by atoms with Crippen molar-refractivity contribution in [2.45, 2.75) is 6.92 Å². The van der Waals surface area contributed by atoms with Crippen LogP contribution in [-0.2, 0) is 0 Å². The van der Waals surface area contributed by atoms with Crippen LogP contribution in [0.3, 0.4) is 0 Å². The van der Waals surface area contributed by atoms with Crippen molar-refractivity contribution >= 4 is 21.6 Å². The number of nitriles is 1. The minimum absolute atomic E-state index is 0.00915. The molecule has 0 radical (unpaired) electrons. The molecule has 2 aromatic rings. The minimum atomic E-state index is -0.597. The van der Waals surface area contributed by atoms with E-state index in [1.165, 1.54) is 18.2 Å². The Morgan fingerprint density at radius 3 is 2.65 bits per heavy atom. The summed E-state index contributed by atoms with van der Waals surface area (Å²) in [5, 5.41) is 19.7. The summed E-state index contributed by atoms with van der Waals surface area (Å²) in [6.07, 6.45) is 0. The molecular weight excluding hydrogens is 324 g/mol. The smallest absolute Gasteiger partial charge is 0.290 e. The summed E-state index contributed by atoms with van der Waals surface area (Å²) < 4.78 is 6.54. The van der Waals surface area contributed by atoms with E-state index in [1.807, 2.05) is 19.1 Å². The molecule has 0 bridgehead atoms. The normalized spacial score (nSPS) is 9.85. The Bertz CT molecular complexity index is 723. The number of nitrogens with zero attached hydrogens (tertiary/aromatic N) is 2. The van der Waals surface area contributed by atoms with Crippen LogP contribution in [0.1, 0.15) is 11.1 Å². The Hall–Kier alpha value is -2.39. The number of nitro benzene ring substituents is 1. The molecule has 0 atom stereocenters. The third-order valence-corrected chi connectivity index (χ3v) is 3.14. The molecule has 100 valence electrons. The highest BCUT2D eigenvalue weighted by molar-refractivity contribution is 9.10. The summed E-state index contributed by atoms with van der Waals surface area (Å²) in [6.45, 7) is 1.87. The monoisotopic (exact) mass is 332 g/mol. The first-order valence-electron chi connectivity index (χ1n) is 5.64. The van der Waals surface area contributed by atoms with Gasteiger partial charge in [0, 0.05) is 4.47 Å². The van der Waals surface area contributed by atoms with Gasteiger partial charge in [-0.3, -0.25) is 10.1 Å². The molecule has 0 saturated heterocycles. The number of ether oxygens (including phenoxy) is 1. The molecule has 5 nitrogen and oxygen atoms in total. The number of hydrogen-bond acceptors (Lipinski definition) is 4. The molecule has 2 rings (SSSR count). The molecule has 0 unspecified atom stereocenters. The van der Waals surface area contributed by atoms with Crippen LogP contribution < -0.4 is 4.74 Å². The van der Waals surface area contributed by atoms with Gasteiger partial charge in [-0.25, -0.2) is 0 Å². The van der Waals surface area contributed by atoms with E-state index in [-0.39, 0.29) is 11.3 Å². The zero-order chi connectivity index (χ0) is 14.7. The Morgan fingerprint density at radius 1 is 1.30 bits per heavy atom. The number of aryl methyl sites for hydroxylation is 1. The van der Waals surface area contributed by atoms with Gasteiger partial charge in [0.15, 0.2) is 0 Å². The van der Waals surface area contributed by atoms with Crippen molar-refractivity contribution in [3.05, 3.63) is 62.1 Å². The quantitative estimate of drug-likeness (QED) is 0.619. The molecule has 0 aliphatic rings. The van der Waals surface area contributed by atoms with Crippen molar-refractivity contribution in [1.82, 2.24) is 0 Å². The van der Waals surface area contributed by atoms with Gasteiger partial charge in [0.2, 0.25) is 0 Å². The summed E-state index contributed by atoms with van der Waals surface area (Å²) in [5.74, 6) is 0.924. The van der Waals surface area contributed by atoms with Crippen LogP contribution in [0.5, 0.6) is 11.5 Å². The lowest BCUT2D eigenvalue weighted by Crippen LogP contribution is -1.94. The molecule has 0 fully saturated rings. The van der Waals surface area contributed by atoms with Crippen LogP contribution in [-0.4, -0.2) is 4.92 Å². The van der Waals surface area contributed by atoms with Gasteiger partial charge in [-0.1, -0.05) is 15.9 Å². The fourth-order valence-corrected chi connectivity index (χ4v) is 2.15. The van der Waals surface area contributed by atoms with Crippen LogP contribution in [0, 0.1) is 28.4 Å². The summed E-state index contributed by atoms with van der Waals surface area (Å²) >= 11 is 3.35. The summed E-state index contributed by atoms with van der Waals surface area (Å²) in [7, 11) is 0. The molecule has 0 heterocycles. The summed E-state index contributed by atoms with van der Waals surface area (Å²) in [5.41, 5.74) is 0.640. The molecular formula is C14H9BrN2O3. The molecule has 6 heteroatoms. The standard InChI is InChI=1S/C14H9BrN2O3/c1-9-6-11(15)3-5-14(9)20-12-4-2-10(8-16)13(7-12)17(18)19/h2-7H,1H3. The Morgan fingerprint density at radius 2 is 2.05 bits per heavy atom. The second-order valence-electron chi connectivity index (χ2n) is 4.06. The van der Waals surface area contributed by atoms with E-state index in [0.717, 1.165) is 10.0 Å². The highest BCUT2D eigenvalue weighted by Crippen LogP contribution is 2.30. The van der Waals surface area contributed by atoms with Crippen LogP contribution in [0.4, 0.5) is 5.69 Å². The maximum Gasteiger partial charge on any atom is 0.290 e. The second-order valence-corrected chi connectivity index (χ2v) is 4.98. The van der Waals surface area contributed by atoms with E-state index in [2.05, 4.69) is 15.9 Å². The first-order chi connectivity index (χ1) is 9.51. The van der Waals surface area contributed by atoms with Gasteiger partial charge in [-0.05, 0) is 42.8 Å². The summed E-state index contributed by atoms with van der Waals surface area (Å²) in [4.78, 5) is 10.3. The van der Waals surface area contributed by atoms with Gasteiger partial charge in [0.1, 0.15) is 23.1 Å². The Labute approximate surface area is 123 Å². The zero-order valence-corrected chi connectivity index (χ0v) is 12.0. The topological polar surface area (TPSA) is 76.2 Å². The second kappa shape index (κ2) is 5.72. The predicted octanol–water partition coefficient (Wildman–Crippen LogP) is 4.33. The lowest BCUT2D eigenvalue weighted by Gasteiger charge is -2.09. The van der Waals surface area contributed by atoms with Gasteiger partial charge in [0.25, 0.3) is 5.69 Å².